The molecule has 7 atom stereocenters. The molecule has 0 saturated carbocycles. The number of carbonyl (C=O) groups excluding carboxylic acids is 6. The zero-order valence-electron chi connectivity index (χ0n) is 29.9. The average molecular weight is 784 g/mol. The van der Waals surface area contributed by atoms with Crippen LogP contribution in [0.2, 0.25) is 0 Å². The lowest BCUT2D eigenvalue weighted by atomic mass is 10.0. The molecule has 7 unspecified atom stereocenters. The largest absolute Gasteiger partial charge is 0.391 e. The molecule has 18 heteroatoms. The fraction of sp³-hybridized carbons (Fsp3) is 0.444. The highest BCUT2D eigenvalue weighted by Gasteiger charge is 2.34. The quantitative estimate of drug-likeness (QED) is 0.0707. The number of nitrogens with two attached hydrogens (primary N) is 3. The summed E-state index contributed by atoms with van der Waals surface area (Å²) in [6, 6.07) is 9.47. The van der Waals surface area contributed by atoms with Crippen molar-refractivity contribution >= 4 is 67.9 Å². The Kier molecular flexibility index (Phi) is 16.2. The molecule has 13 N–H and O–H groups in total. The summed E-state index contributed by atoms with van der Waals surface area (Å²) in [4.78, 5) is 83.9. The second-order valence-electron chi connectivity index (χ2n) is 13.1. The summed E-state index contributed by atoms with van der Waals surface area (Å²) < 4.78 is 0. The first-order chi connectivity index (χ1) is 25.9. The SMILES string of the molecule is CC(O)C(NC(=O)C1CSSCC(NC(=O)C(N)Cc2ccccc2)C(=O)NC(Cc2c[nH]c3ccccc23)C(=O)NC(CCCCN)C(=O)N1)C(N)=O. The van der Waals surface area contributed by atoms with Gasteiger partial charge in [0.25, 0.3) is 0 Å². The predicted octanol–water partition coefficient (Wildman–Crippen LogP) is -0.905. The highest BCUT2D eigenvalue weighted by atomic mass is 33.1. The topological polar surface area (TPSA) is 277 Å². The number of carbonyl (C=O) groups is 6. The van der Waals surface area contributed by atoms with Crippen LogP contribution in [-0.4, -0.2) is 106 Å². The fourth-order valence-electron chi connectivity index (χ4n) is 5.83. The number of aliphatic hydroxyl groups excluding tert-OH is 1. The van der Waals surface area contributed by atoms with E-state index in [0.29, 0.717) is 19.4 Å². The first-order valence-electron chi connectivity index (χ1n) is 17.7. The van der Waals surface area contributed by atoms with Gasteiger partial charge in [-0.1, -0.05) is 70.1 Å². The van der Waals surface area contributed by atoms with Crippen LogP contribution in [0, 0.1) is 0 Å². The van der Waals surface area contributed by atoms with Crippen LogP contribution in [0.3, 0.4) is 0 Å². The number of amides is 6. The molecular weight excluding hydrogens is 735 g/mol. The molecule has 16 nitrogen and oxygen atoms in total. The standard InChI is InChI=1S/C36H49N9O7S2/c1-20(46)30(31(39)47)45-36(52)29-19-54-53-18-28(43-32(48)24(38)15-21-9-3-2-4-10-21)35(51)42-27(16-22-17-40-25-12-6-5-11-23(22)25)34(50)41-26(33(49)44-29)13-7-8-14-37/h2-6,9-12,17,20,24,26-30,40,46H,7-8,13-16,18-19,37-38H2,1H3,(H2,39,47)(H,41,50)(H,42,51)(H,43,48)(H,44,49)(H,45,52). The van der Waals surface area contributed by atoms with Gasteiger partial charge in [-0.15, -0.1) is 0 Å². The second kappa shape index (κ2) is 20.7. The zero-order valence-corrected chi connectivity index (χ0v) is 31.6. The van der Waals surface area contributed by atoms with Crippen molar-refractivity contribution in [1.29, 1.82) is 0 Å². The molecule has 1 aromatic heterocycles. The van der Waals surface area contributed by atoms with Crippen molar-refractivity contribution in [3.8, 4) is 0 Å². The van der Waals surface area contributed by atoms with Crippen molar-refractivity contribution in [2.45, 2.75) is 81.4 Å². The molecule has 54 heavy (non-hydrogen) atoms. The smallest absolute Gasteiger partial charge is 0.244 e. The van der Waals surface area contributed by atoms with Crippen LogP contribution in [0.25, 0.3) is 10.9 Å². The summed E-state index contributed by atoms with van der Waals surface area (Å²) in [5.74, 6) is -4.42. The van der Waals surface area contributed by atoms with Gasteiger partial charge >= 0.3 is 0 Å². The number of para-hydroxylation sites is 1. The number of aromatic amines is 1. The predicted molar refractivity (Wildman–Crippen MR) is 208 cm³/mol. The van der Waals surface area contributed by atoms with Crippen molar-refractivity contribution in [3.63, 3.8) is 0 Å². The van der Waals surface area contributed by atoms with Gasteiger partial charge in [-0.25, -0.2) is 0 Å². The number of hydrogen-bond donors (Lipinski definition) is 10. The summed E-state index contributed by atoms with van der Waals surface area (Å²) in [6.45, 7) is 1.63. The van der Waals surface area contributed by atoms with Crippen molar-refractivity contribution in [2.24, 2.45) is 17.2 Å². The van der Waals surface area contributed by atoms with Crippen LogP contribution in [0.5, 0.6) is 0 Å². The molecular formula is C36H49N9O7S2. The van der Waals surface area contributed by atoms with Gasteiger partial charge in [0.15, 0.2) is 0 Å². The van der Waals surface area contributed by atoms with E-state index in [1.54, 1.807) is 6.20 Å². The summed E-state index contributed by atoms with van der Waals surface area (Å²) in [7, 11) is 2.27. The molecule has 0 aliphatic carbocycles. The minimum absolute atomic E-state index is 0.0106. The van der Waals surface area contributed by atoms with Crippen LogP contribution < -0.4 is 43.8 Å². The lowest BCUT2D eigenvalue weighted by Crippen LogP contribution is -2.61. The maximum Gasteiger partial charge on any atom is 0.244 e. The van der Waals surface area contributed by atoms with E-state index in [0.717, 1.165) is 43.6 Å². The third-order valence-electron chi connectivity index (χ3n) is 8.85. The van der Waals surface area contributed by atoms with Gasteiger partial charge in [-0.3, -0.25) is 28.8 Å². The van der Waals surface area contributed by atoms with E-state index < -0.39 is 77.8 Å². The van der Waals surface area contributed by atoms with E-state index in [9.17, 15) is 33.9 Å². The van der Waals surface area contributed by atoms with Crippen molar-refractivity contribution in [3.05, 3.63) is 71.9 Å². The molecule has 0 spiro atoms. The minimum Gasteiger partial charge on any atom is -0.391 e. The Morgan fingerprint density at radius 3 is 2.28 bits per heavy atom. The lowest BCUT2D eigenvalue weighted by Gasteiger charge is -2.28. The van der Waals surface area contributed by atoms with Gasteiger partial charge in [0.2, 0.25) is 35.4 Å². The summed E-state index contributed by atoms with van der Waals surface area (Å²) in [6.07, 6.45) is 1.84. The van der Waals surface area contributed by atoms with Gasteiger partial charge in [-0.05, 0) is 56.3 Å². The monoisotopic (exact) mass is 783 g/mol. The average Bonchev–Trinajstić information content (AvgIpc) is 3.55. The molecule has 1 aliphatic rings. The van der Waals surface area contributed by atoms with E-state index in [2.05, 4.69) is 31.6 Å². The minimum atomic E-state index is -1.44. The number of primary amides is 1. The Morgan fingerprint density at radius 1 is 0.907 bits per heavy atom. The molecule has 0 bridgehead atoms. The van der Waals surface area contributed by atoms with Crippen molar-refractivity contribution in [2.75, 3.05) is 18.1 Å². The third-order valence-corrected chi connectivity index (χ3v) is 11.3. The first kappa shape index (κ1) is 42.1. The summed E-state index contributed by atoms with van der Waals surface area (Å²) in [5.41, 5.74) is 19.7. The molecule has 292 valence electrons. The normalized spacial score (nSPS) is 21.7. The fourth-order valence-corrected chi connectivity index (χ4v) is 8.16. The number of hydrogen-bond acceptors (Lipinski definition) is 11. The lowest BCUT2D eigenvalue weighted by molar-refractivity contribution is -0.135. The molecule has 4 rings (SSSR count). The van der Waals surface area contributed by atoms with Crippen LogP contribution in [0.15, 0.2) is 60.8 Å². The number of aromatic nitrogens is 1. The number of aliphatic hydroxyl groups is 1. The van der Waals surface area contributed by atoms with Crippen LogP contribution in [-0.2, 0) is 41.6 Å². The Morgan fingerprint density at radius 2 is 1.57 bits per heavy atom. The van der Waals surface area contributed by atoms with Crippen molar-refractivity contribution < 1.29 is 33.9 Å². The van der Waals surface area contributed by atoms with Crippen LogP contribution in [0.1, 0.15) is 37.3 Å². The second-order valence-corrected chi connectivity index (χ2v) is 15.6. The molecule has 1 aliphatic heterocycles. The zero-order chi connectivity index (χ0) is 39.2. The maximum atomic E-state index is 14.1. The molecule has 2 aromatic carbocycles. The molecule has 0 radical (unpaired) electrons. The number of unbranched alkanes of at least 4 members (excludes halogenated alkanes) is 1. The highest BCUT2D eigenvalue weighted by Crippen LogP contribution is 2.24. The first-order valence-corrected chi connectivity index (χ1v) is 20.1. The van der Waals surface area contributed by atoms with Gasteiger partial charge in [-0.2, -0.15) is 0 Å². The van der Waals surface area contributed by atoms with E-state index in [-0.39, 0.29) is 30.8 Å². The van der Waals surface area contributed by atoms with E-state index >= 15 is 0 Å². The number of H-pyrrole nitrogens is 1. The van der Waals surface area contributed by atoms with E-state index in [1.165, 1.54) is 6.92 Å². The van der Waals surface area contributed by atoms with Crippen LogP contribution in [0.4, 0.5) is 0 Å². The van der Waals surface area contributed by atoms with Gasteiger partial charge in [0.05, 0.1) is 12.1 Å². The maximum absolute atomic E-state index is 14.1. The molecule has 6 amide bonds. The highest BCUT2D eigenvalue weighted by molar-refractivity contribution is 8.76. The molecule has 1 saturated heterocycles. The molecule has 3 aromatic rings. The number of fused-ring (bicyclic) bond motifs is 1. The number of benzene rings is 2. The van der Waals surface area contributed by atoms with Gasteiger partial charge in [0.1, 0.15) is 30.2 Å². The Hall–Kier alpha value is -4.62. The van der Waals surface area contributed by atoms with Crippen molar-refractivity contribution in [1.82, 2.24) is 31.6 Å². The molecule has 2 heterocycles. The Labute approximate surface area is 321 Å². The Bertz CT molecular complexity index is 1760. The summed E-state index contributed by atoms with van der Waals surface area (Å²) >= 11 is 0. The van der Waals surface area contributed by atoms with E-state index in [1.807, 2.05) is 54.6 Å². The number of nitrogens with one attached hydrogen (secondary N) is 6. The van der Waals surface area contributed by atoms with Gasteiger partial charge in [0, 0.05) is 35.0 Å². The number of rotatable bonds is 14. The van der Waals surface area contributed by atoms with Gasteiger partial charge < -0.3 is 53.9 Å². The van der Waals surface area contributed by atoms with Crippen LogP contribution >= 0.6 is 21.6 Å². The van der Waals surface area contributed by atoms with E-state index in [4.69, 9.17) is 17.2 Å². The Balaban J connectivity index is 1.65. The molecule has 1 fully saturated rings. The third kappa shape index (κ3) is 12.2. The summed E-state index contributed by atoms with van der Waals surface area (Å²) in [5, 5.41) is 24.3.